The molecule has 0 spiro atoms. The van der Waals surface area contributed by atoms with Crippen LogP contribution in [0.5, 0.6) is 11.5 Å². The number of piperidine rings is 2. The Balaban J connectivity index is 0.000000157. The molecule has 2 aromatic rings. The number of amides is 6. The number of carbonyl (C=O) groups is 8. The van der Waals surface area contributed by atoms with Crippen LogP contribution >= 0.6 is 11.8 Å². The van der Waals surface area contributed by atoms with Crippen molar-refractivity contribution in [2.24, 2.45) is 5.73 Å². The molecule has 4 heterocycles. The Labute approximate surface area is 240 Å². The fourth-order valence-electron chi connectivity index (χ4n) is 4.38. The first-order chi connectivity index (χ1) is 19.8. The number of rotatable bonds is 1. The molecule has 42 heavy (non-hydrogen) atoms. The highest BCUT2D eigenvalue weighted by atomic mass is 35.5. The number of benzene rings is 2. The van der Waals surface area contributed by atoms with Gasteiger partial charge in [0.15, 0.2) is 0 Å². The van der Waals surface area contributed by atoms with E-state index in [-0.39, 0.29) is 58.9 Å². The zero-order chi connectivity index (χ0) is 30.9. The summed E-state index contributed by atoms with van der Waals surface area (Å²) in [6, 6.07) is 6.80. The molecule has 2 unspecified atom stereocenters. The van der Waals surface area contributed by atoms with Crippen LogP contribution in [0.3, 0.4) is 0 Å². The molecular formula is C26H21ClN4O11. The molecule has 0 bridgehead atoms. The van der Waals surface area contributed by atoms with Crippen molar-refractivity contribution in [3.63, 3.8) is 0 Å². The first kappa shape index (κ1) is 29.8. The molecule has 0 radical (unpaired) electrons. The molecule has 5 N–H and O–H groups in total. The summed E-state index contributed by atoms with van der Waals surface area (Å²) < 4.78 is 4.84. The van der Waals surface area contributed by atoms with Crippen molar-refractivity contribution in [2.75, 3.05) is 0 Å². The summed E-state index contributed by atoms with van der Waals surface area (Å²) in [7, 11) is 0. The number of phenols is 2. The number of nitrogens with two attached hydrogens (primary N) is 1. The molecule has 4 aliphatic heterocycles. The van der Waals surface area contributed by atoms with Crippen molar-refractivity contribution < 1.29 is 53.3 Å². The number of phenolic OH excluding ortho intramolecular Hbond substituents is 2. The molecular weight excluding hydrogens is 580 g/mol. The number of nitrogens with zero attached hydrogens (tertiary/aromatic N) is 2. The fourth-order valence-corrected chi connectivity index (χ4v) is 4.59. The number of halogens is 1. The van der Waals surface area contributed by atoms with Crippen LogP contribution in [0.15, 0.2) is 36.4 Å². The van der Waals surface area contributed by atoms with E-state index in [9.17, 15) is 43.5 Å². The summed E-state index contributed by atoms with van der Waals surface area (Å²) in [6.45, 7) is 0. The van der Waals surface area contributed by atoms with Gasteiger partial charge in [-0.1, -0.05) is 12.1 Å². The van der Waals surface area contributed by atoms with Gasteiger partial charge in [-0.05, 0) is 37.1 Å². The van der Waals surface area contributed by atoms with Gasteiger partial charge in [0, 0.05) is 24.6 Å². The Kier molecular flexibility index (Phi) is 8.35. The molecule has 4 aliphatic rings. The zero-order valence-corrected chi connectivity index (χ0v) is 22.1. The van der Waals surface area contributed by atoms with Gasteiger partial charge >= 0.3 is 11.9 Å². The maximum Gasteiger partial charge on any atom is 0.350 e. The second kappa shape index (κ2) is 11.8. The van der Waals surface area contributed by atoms with E-state index >= 15 is 0 Å². The molecule has 218 valence electrons. The number of hydrogen-bond donors (Lipinski definition) is 4. The number of aromatic hydroxyl groups is 2. The highest BCUT2D eigenvalue weighted by Crippen LogP contribution is 2.32. The largest absolute Gasteiger partial charge is 0.507 e. The molecule has 16 heteroatoms. The quantitative estimate of drug-likeness (QED) is 0.148. The van der Waals surface area contributed by atoms with Crippen LogP contribution in [0, 0.1) is 0 Å². The van der Waals surface area contributed by atoms with Gasteiger partial charge in [-0.2, -0.15) is 4.42 Å². The normalized spacial score (nSPS) is 21.1. The van der Waals surface area contributed by atoms with Crippen molar-refractivity contribution in [1.82, 2.24) is 14.6 Å². The summed E-state index contributed by atoms with van der Waals surface area (Å²) in [5, 5.41) is 21.0. The standard InChI is InChI=1S/C13H10N2O5.C8H4O4.C5H7ClN2O2/c16-8-3-1-2-6-10(8)13(20)15(12(6)19)7-4-5-9(17)14-11(7)18;9-5-3-1-2-4-6(5)8(11)12-7(4)10;6-8-4(9)2-1-3(7)5(8)10/h1-3,7,16H,4-5H2,(H,14,17,18);1-3,9H;3H,1-2,7H2. The van der Waals surface area contributed by atoms with Crippen molar-refractivity contribution in [2.45, 2.75) is 37.8 Å². The zero-order valence-electron chi connectivity index (χ0n) is 21.4. The molecule has 0 saturated carbocycles. The van der Waals surface area contributed by atoms with Crippen LogP contribution in [-0.2, 0) is 23.9 Å². The second-order valence-electron chi connectivity index (χ2n) is 9.18. The van der Waals surface area contributed by atoms with Crippen molar-refractivity contribution in [3.05, 3.63) is 58.7 Å². The van der Waals surface area contributed by atoms with E-state index in [1.165, 1.54) is 36.4 Å². The summed E-state index contributed by atoms with van der Waals surface area (Å²) in [5.41, 5.74) is 5.36. The second-order valence-corrected chi connectivity index (χ2v) is 9.52. The van der Waals surface area contributed by atoms with E-state index in [1.54, 1.807) is 0 Å². The van der Waals surface area contributed by atoms with Crippen LogP contribution in [0.25, 0.3) is 0 Å². The minimum atomic E-state index is -1.01. The van der Waals surface area contributed by atoms with Gasteiger partial charge in [0.1, 0.15) is 23.1 Å². The van der Waals surface area contributed by atoms with E-state index in [0.717, 1.165) is 4.90 Å². The third-order valence-corrected chi connectivity index (χ3v) is 6.85. The lowest BCUT2D eigenvalue weighted by Gasteiger charge is -2.27. The highest BCUT2D eigenvalue weighted by molar-refractivity contribution is 6.31. The lowest BCUT2D eigenvalue weighted by molar-refractivity contribution is -0.142. The maximum atomic E-state index is 12.2. The first-order valence-electron chi connectivity index (χ1n) is 12.2. The van der Waals surface area contributed by atoms with E-state index in [0.29, 0.717) is 10.8 Å². The summed E-state index contributed by atoms with van der Waals surface area (Å²) >= 11 is 5.27. The highest BCUT2D eigenvalue weighted by Gasteiger charge is 2.45. The van der Waals surface area contributed by atoms with Crippen LogP contribution in [0.2, 0.25) is 0 Å². The van der Waals surface area contributed by atoms with Crippen molar-refractivity contribution in [3.8, 4) is 11.5 Å². The SMILES string of the molecule is NC1CCC(=O)N(Cl)C1=O.O=C1CCC(N2C(=O)c3cccc(O)c3C2=O)C(=O)N1.O=C1OC(=O)c2c(O)cccc21. The van der Waals surface area contributed by atoms with Crippen molar-refractivity contribution >= 4 is 59.2 Å². The Bertz CT molecular complexity index is 1570. The number of nitrogens with one attached hydrogen (secondary N) is 1. The molecule has 2 saturated heterocycles. The number of imide groups is 3. The first-order valence-corrected chi connectivity index (χ1v) is 12.6. The van der Waals surface area contributed by atoms with E-state index in [1.807, 2.05) is 0 Å². The minimum absolute atomic E-state index is 0.0394. The summed E-state index contributed by atoms with van der Waals surface area (Å²) in [4.78, 5) is 91.4. The molecule has 2 aromatic carbocycles. The molecule has 2 fully saturated rings. The van der Waals surface area contributed by atoms with Crippen molar-refractivity contribution in [1.29, 1.82) is 0 Å². The lowest BCUT2D eigenvalue weighted by atomic mass is 10.0. The van der Waals surface area contributed by atoms with Crippen LogP contribution < -0.4 is 11.1 Å². The third-order valence-electron chi connectivity index (χ3n) is 6.50. The number of esters is 2. The van der Waals surface area contributed by atoms with Gasteiger partial charge in [0.05, 0.1) is 22.7 Å². The fraction of sp³-hybridized carbons (Fsp3) is 0.231. The molecule has 0 aromatic heterocycles. The van der Waals surface area contributed by atoms with E-state index in [2.05, 4.69) is 10.1 Å². The van der Waals surface area contributed by atoms with Gasteiger partial charge in [0.25, 0.3) is 17.7 Å². The predicted octanol–water partition coefficient (Wildman–Crippen LogP) is 0.113. The average molecular weight is 601 g/mol. The average Bonchev–Trinajstić information content (AvgIpc) is 3.39. The topological polar surface area (TPSA) is 231 Å². The van der Waals surface area contributed by atoms with Gasteiger partial charge < -0.3 is 20.7 Å². The molecule has 15 nitrogen and oxygen atoms in total. The van der Waals surface area contributed by atoms with Crippen LogP contribution in [-0.4, -0.2) is 79.0 Å². The van der Waals surface area contributed by atoms with Crippen LogP contribution in [0.1, 0.15) is 67.1 Å². The number of hydrogen-bond acceptors (Lipinski definition) is 12. The lowest BCUT2D eigenvalue weighted by Crippen LogP contribution is -2.54. The van der Waals surface area contributed by atoms with Gasteiger partial charge in [-0.3, -0.25) is 39.0 Å². The van der Waals surface area contributed by atoms with E-state index in [4.69, 9.17) is 22.6 Å². The molecule has 6 amide bonds. The summed E-state index contributed by atoms with van der Waals surface area (Å²) in [5.74, 6) is -5.31. The molecule has 6 rings (SSSR count). The third kappa shape index (κ3) is 5.55. The number of ether oxygens (including phenoxy) is 1. The number of cyclic esters (lactones) is 2. The molecule has 0 aliphatic carbocycles. The summed E-state index contributed by atoms with van der Waals surface area (Å²) in [6.07, 6.45) is 0.823. The van der Waals surface area contributed by atoms with Gasteiger partial charge in [-0.25, -0.2) is 9.59 Å². The van der Waals surface area contributed by atoms with Gasteiger partial charge in [0.2, 0.25) is 17.7 Å². The Morgan fingerprint density at radius 1 is 0.810 bits per heavy atom. The predicted molar refractivity (Wildman–Crippen MR) is 138 cm³/mol. The van der Waals surface area contributed by atoms with E-state index < -0.39 is 53.6 Å². The monoisotopic (exact) mass is 600 g/mol. The minimum Gasteiger partial charge on any atom is -0.507 e. The van der Waals surface area contributed by atoms with Gasteiger partial charge in [-0.15, -0.1) is 0 Å². The molecule has 2 atom stereocenters. The van der Waals surface area contributed by atoms with Crippen LogP contribution in [0.4, 0.5) is 0 Å². The Morgan fingerprint density at radius 3 is 2.00 bits per heavy atom. The Hall–Kier alpha value is -5.15. The maximum absolute atomic E-state index is 12.2. The Morgan fingerprint density at radius 2 is 1.43 bits per heavy atom. The number of fused-ring (bicyclic) bond motifs is 2. The smallest absolute Gasteiger partial charge is 0.350 e. The number of carbonyl (C=O) groups excluding carboxylic acids is 8.